The second-order valence-corrected chi connectivity index (χ2v) is 6.81. The van der Waals surface area contributed by atoms with Crippen LogP contribution in [0.1, 0.15) is 32.8 Å². The van der Waals surface area contributed by atoms with Crippen molar-refractivity contribution >= 4 is 10.1 Å². The van der Waals surface area contributed by atoms with Gasteiger partial charge in [-0.25, -0.2) is 0 Å². The lowest BCUT2D eigenvalue weighted by atomic mass is 10.1. The van der Waals surface area contributed by atoms with Gasteiger partial charge in [0.05, 0.1) is 18.8 Å². The van der Waals surface area contributed by atoms with E-state index in [0.29, 0.717) is 6.42 Å². The zero-order valence-corrected chi connectivity index (χ0v) is 13.2. The van der Waals surface area contributed by atoms with Crippen molar-refractivity contribution in [3.8, 4) is 5.75 Å². The van der Waals surface area contributed by atoms with Gasteiger partial charge in [-0.3, -0.25) is 4.18 Å². The Hall–Kier alpha value is -1.11. The third-order valence-corrected chi connectivity index (χ3v) is 4.03. The molecule has 0 saturated carbocycles. The normalized spacial score (nSPS) is 12.4. The maximum Gasteiger partial charge on any atom is 0.300 e. The summed E-state index contributed by atoms with van der Waals surface area (Å²) in [5, 5.41) is 9.64. The van der Waals surface area contributed by atoms with Crippen LogP contribution in [-0.4, -0.2) is 32.3 Å². The molecule has 0 aliphatic carbocycles. The monoisotopic (exact) mass is 302 g/mol. The number of hydrogen-bond acceptors (Lipinski definition) is 5. The van der Waals surface area contributed by atoms with Crippen LogP contribution in [0.15, 0.2) is 23.1 Å². The van der Waals surface area contributed by atoms with Gasteiger partial charge in [0.25, 0.3) is 0 Å². The fourth-order valence-corrected chi connectivity index (χ4v) is 2.60. The van der Waals surface area contributed by atoms with Crippen molar-refractivity contribution in [3.63, 3.8) is 0 Å². The van der Waals surface area contributed by atoms with Crippen LogP contribution >= 0.6 is 0 Å². The van der Waals surface area contributed by atoms with Crippen molar-refractivity contribution in [1.82, 2.24) is 0 Å². The minimum absolute atomic E-state index is 0.0145. The zero-order chi connectivity index (χ0) is 15.4. The van der Waals surface area contributed by atoms with E-state index in [1.54, 1.807) is 32.9 Å². The predicted octanol–water partition coefficient (Wildman–Crippen LogP) is 2.26. The van der Waals surface area contributed by atoms with Crippen molar-refractivity contribution < 1.29 is 22.4 Å². The molecule has 20 heavy (non-hydrogen) atoms. The molecule has 0 aliphatic heterocycles. The molecular weight excluding hydrogens is 280 g/mol. The van der Waals surface area contributed by atoms with Gasteiger partial charge >= 0.3 is 10.1 Å². The Morgan fingerprint density at radius 2 is 1.95 bits per heavy atom. The number of hydrogen-bond donors (Lipinski definition) is 1. The third-order valence-electron chi connectivity index (χ3n) is 2.61. The minimum atomic E-state index is -3.81. The van der Waals surface area contributed by atoms with Crippen LogP contribution in [0.2, 0.25) is 0 Å². The lowest BCUT2D eigenvalue weighted by Crippen LogP contribution is -2.22. The molecule has 1 rings (SSSR count). The van der Waals surface area contributed by atoms with E-state index in [9.17, 15) is 13.5 Å². The third kappa shape index (κ3) is 5.11. The van der Waals surface area contributed by atoms with Crippen molar-refractivity contribution in [3.05, 3.63) is 23.8 Å². The maximum absolute atomic E-state index is 12.0. The number of ether oxygens (including phenoxy) is 1. The predicted molar refractivity (Wildman–Crippen MR) is 76.4 cm³/mol. The average Bonchev–Trinajstić information content (AvgIpc) is 2.26. The van der Waals surface area contributed by atoms with E-state index in [1.165, 1.54) is 6.07 Å². The van der Waals surface area contributed by atoms with Crippen molar-refractivity contribution in [2.24, 2.45) is 0 Å². The molecule has 0 fully saturated rings. The molecule has 114 valence electrons. The molecule has 1 aromatic carbocycles. The fourth-order valence-electron chi connectivity index (χ4n) is 1.56. The van der Waals surface area contributed by atoms with Crippen molar-refractivity contribution in [2.75, 3.05) is 13.2 Å². The highest BCUT2D eigenvalue weighted by Gasteiger charge is 2.21. The van der Waals surface area contributed by atoms with Crippen molar-refractivity contribution in [1.29, 1.82) is 0 Å². The van der Waals surface area contributed by atoms with E-state index in [-0.39, 0.29) is 23.9 Å². The summed E-state index contributed by atoms with van der Waals surface area (Å²) in [6, 6.07) is 4.81. The molecule has 0 aliphatic rings. The topological polar surface area (TPSA) is 72.8 Å². The molecule has 0 amide bonds. The molecule has 5 nitrogen and oxygen atoms in total. The zero-order valence-electron chi connectivity index (χ0n) is 12.3. The van der Waals surface area contributed by atoms with E-state index in [2.05, 4.69) is 0 Å². The number of aryl methyl sites for hydroxylation is 1. The van der Waals surface area contributed by atoms with Gasteiger partial charge in [0.2, 0.25) is 0 Å². The van der Waals surface area contributed by atoms with E-state index in [4.69, 9.17) is 8.92 Å². The van der Waals surface area contributed by atoms with Gasteiger partial charge in [0.1, 0.15) is 10.6 Å². The molecule has 0 aromatic heterocycles. The van der Waals surface area contributed by atoms with Crippen LogP contribution in [-0.2, 0) is 14.3 Å². The van der Waals surface area contributed by atoms with E-state index < -0.39 is 15.7 Å². The highest BCUT2D eigenvalue weighted by atomic mass is 32.2. The van der Waals surface area contributed by atoms with E-state index in [0.717, 1.165) is 5.56 Å². The Bertz CT molecular complexity index is 543. The molecule has 6 heteroatoms. The summed E-state index contributed by atoms with van der Waals surface area (Å²) in [6.07, 6.45) is 0.398. The lowest BCUT2D eigenvalue weighted by Gasteiger charge is -2.18. The highest BCUT2D eigenvalue weighted by Crippen LogP contribution is 2.27. The molecule has 0 unspecified atom stereocenters. The second-order valence-electron chi connectivity index (χ2n) is 5.22. The summed E-state index contributed by atoms with van der Waals surface area (Å²) >= 11 is 0. The van der Waals surface area contributed by atoms with Crippen LogP contribution in [0.5, 0.6) is 5.75 Å². The quantitative estimate of drug-likeness (QED) is 0.782. The van der Waals surface area contributed by atoms with E-state index >= 15 is 0 Å². The molecule has 0 heterocycles. The lowest BCUT2D eigenvalue weighted by molar-refractivity contribution is 0.0549. The first kappa shape index (κ1) is 16.9. The van der Waals surface area contributed by atoms with Crippen LogP contribution in [0, 0.1) is 6.92 Å². The van der Waals surface area contributed by atoms with Gasteiger partial charge in [-0.2, -0.15) is 8.42 Å². The van der Waals surface area contributed by atoms with Crippen LogP contribution in [0.25, 0.3) is 0 Å². The Kier molecular flexibility index (Phi) is 5.56. The molecule has 0 spiro atoms. The summed E-state index contributed by atoms with van der Waals surface area (Å²) in [5.41, 5.74) is 0.0293. The summed E-state index contributed by atoms with van der Waals surface area (Å²) in [7, 11) is -3.81. The number of aliphatic hydroxyl groups is 1. The minimum Gasteiger partial charge on any atom is -0.492 e. The molecule has 0 atom stereocenters. The summed E-state index contributed by atoms with van der Waals surface area (Å²) in [4.78, 5) is 0.0145. The van der Waals surface area contributed by atoms with Gasteiger partial charge in [-0.1, -0.05) is 6.07 Å². The van der Waals surface area contributed by atoms with Crippen molar-refractivity contribution in [2.45, 2.75) is 44.6 Å². The smallest absolute Gasteiger partial charge is 0.300 e. The largest absolute Gasteiger partial charge is 0.492 e. The molecule has 1 N–H and O–H groups in total. The Balaban J connectivity index is 2.97. The fraction of sp³-hybridized carbons (Fsp3) is 0.571. The number of rotatable bonds is 7. The van der Waals surface area contributed by atoms with Gasteiger partial charge in [0.15, 0.2) is 0 Å². The summed E-state index contributed by atoms with van der Waals surface area (Å²) < 4.78 is 34.2. The average molecular weight is 302 g/mol. The first-order valence-electron chi connectivity index (χ1n) is 6.51. The number of benzene rings is 1. The highest BCUT2D eigenvalue weighted by molar-refractivity contribution is 7.86. The molecule has 0 radical (unpaired) electrons. The summed E-state index contributed by atoms with van der Waals surface area (Å²) in [5.74, 6) is 0.253. The first-order valence-corrected chi connectivity index (χ1v) is 7.92. The Morgan fingerprint density at radius 3 is 2.50 bits per heavy atom. The maximum atomic E-state index is 12.0. The van der Waals surface area contributed by atoms with Gasteiger partial charge in [-0.15, -0.1) is 0 Å². The molecular formula is C14H22O5S. The molecule has 0 saturated heterocycles. The van der Waals surface area contributed by atoms with Crippen LogP contribution in [0.3, 0.4) is 0 Å². The molecule has 1 aromatic rings. The van der Waals surface area contributed by atoms with Crippen LogP contribution in [0.4, 0.5) is 0 Å². The van der Waals surface area contributed by atoms with Gasteiger partial charge < -0.3 is 9.84 Å². The van der Waals surface area contributed by atoms with Gasteiger partial charge in [-0.05, 0) is 45.4 Å². The Morgan fingerprint density at radius 1 is 1.30 bits per heavy atom. The Labute approximate surface area is 120 Å². The van der Waals surface area contributed by atoms with Gasteiger partial charge in [0, 0.05) is 6.42 Å². The standard InChI is InChI=1S/C14H22O5S/c1-5-19-20(16,17)13-7-6-11(2)10-12(13)18-9-8-14(3,4)15/h6-7,10,15H,5,8-9H2,1-4H3. The molecule has 0 bridgehead atoms. The SMILES string of the molecule is CCOS(=O)(=O)c1ccc(C)cc1OCCC(C)(C)O. The van der Waals surface area contributed by atoms with Crippen LogP contribution < -0.4 is 4.74 Å². The second kappa shape index (κ2) is 6.56. The first-order chi connectivity index (χ1) is 9.15. The van der Waals surface area contributed by atoms with E-state index in [1.807, 2.05) is 6.92 Å². The summed E-state index contributed by atoms with van der Waals surface area (Å²) in [6.45, 7) is 7.09.